The second-order valence-corrected chi connectivity index (χ2v) is 6.06. The molecule has 0 bridgehead atoms. The molecule has 18 heavy (non-hydrogen) atoms. The van der Waals surface area contributed by atoms with Crippen LogP contribution in [0.15, 0.2) is 24.3 Å². The predicted octanol–water partition coefficient (Wildman–Crippen LogP) is 3.01. The molecule has 1 amide bonds. The number of carbonyl (C=O) groups excluding carboxylic acids is 1. The first kappa shape index (κ1) is 12.2. The number of fused-ring (bicyclic) bond motifs is 1. The van der Waals surface area contributed by atoms with E-state index >= 15 is 0 Å². The molecule has 2 aliphatic carbocycles. The normalized spacial score (nSPS) is 29.5. The van der Waals surface area contributed by atoms with Crippen molar-refractivity contribution in [2.75, 3.05) is 5.33 Å². The van der Waals surface area contributed by atoms with Gasteiger partial charge in [-0.3, -0.25) is 4.79 Å². The lowest BCUT2D eigenvalue weighted by atomic mass is 9.77. The summed E-state index contributed by atoms with van der Waals surface area (Å²) in [6.07, 6.45) is 4.52. The number of benzene rings is 1. The van der Waals surface area contributed by atoms with Gasteiger partial charge >= 0.3 is 0 Å². The van der Waals surface area contributed by atoms with Crippen LogP contribution < -0.4 is 5.32 Å². The van der Waals surface area contributed by atoms with Crippen LogP contribution in [-0.4, -0.2) is 17.3 Å². The Labute approximate surface area is 116 Å². The molecule has 1 fully saturated rings. The first-order chi connectivity index (χ1) is 8.79. The van der Waals surface area contributed by atoms with Crippen LogP contribution in [0.1, 0.15) is 36.3 Å². The average Bonchev–Trinajstić information content (AvgIpc) is 2.78. The Kier molecular flexibility index (Phi) is 3.42. The second kappa shape index (κ2) is 5.04. The van der Waals surface area contributed by atoms with Gasteiger partial charge in [-0.2, -0.15) is 0 Å². The highest BCUT2D eigenvalue weighted by atomic mass is 79.9. The highest BCUT2D eigenvalue weighted by Gasteiger charge is 2.35. The molecule has 3 atom stereocenters. The Morgan fingerprint density at radius 2 is 2.17 bits per heavy atom. The zero-order chi connectivity index (χ0) is 12.5. The molecule has 0 radical (unpaired) electrons. The Hall–Kier alpha value is -0.830. The van der Waals surface area contributed by atoms with Crippen LogP contribution in [0.2, 0.25) is 0 Å². The maximum Gasteiger partial charge on any atom is 0.228 e. The highest BCUT2D eigenvalue weighted by Crippen LogP contribution is 2.36. The molecule has 3 rings (SSSR count). The molecule has 1 aromatic rings. The largest absolute Gasteiger partial charge is 0.353 e. The standard InChI is InChI=1S/C15H18BrNO/c16-9-11-5-3-7-14(11)17-15(18)13-8-10-4-1-2-6-12(10)13/h1-2,4,6,11,13-14H,3,5,7-9H2,(H,17,18). The van der Waals surface area contributed by atoms with Gasteiger partial charge in [-0.15, -0.1) is 0 Å². The zero-order valence-corrected chi connectivity index (χ0v) is 11.9. The van der Waals surface area contributed by atoms with Crippen LogP contribution in [0.5, 0.6) is 0 Å². The van der Waals surface area contributed by atoms with Gasteiger partial charge in [-0.25, -0.2) is 0 Å². The monoisotopic (exact) mass is 307 g/mol. The molecule has 3 heteroatoms. The molecular formula is C15H18BrNO. The number of alkyl halides is 1. The summed E-state index contributed by atoms with van der Waals surface area (Å²) in [6.45, 7) is 0. The van der Waals surface area contributed by atoms with Crippen molar-refractivity contribution in [1.29, 1.82) is 0 Å². The molecular weight excluding hydrogens is 290 g/mol. The van der Waals surface area contributed by atoms with Crippen molar-refractivity contribution in [2.45, 2.75) is 37.6 Å². The lowest BCUT2D eigenvalue weighted by Crippen LogP contribution is -2.43. The number of hydrogen-bond acceptors (Lipinski definition) is 1. The van der Waals surface area contributed by atoms with Crippen molar-refractivity contribution in [3.63, 3.8) is 0 Å². The summed E-state index contributed by atoms with van der Waals surface area (Å²) < 4.78 is 0. The van der Waals surface area contributed by atoms with Crippen LogP contribution in [0.3, 0.4) is 0 Å². The molecule has 3 unspecified atom stereocenters. The average molecular weight is 308 g/mol. The van der Waals surface area contributed by atoms with Gasteiger partial charge in [0.1, 0.15) is 0 Å². The number of halogens is 1. The van der Waals surface area contributed by atoms with Gasteiger partial charge in [0.05, 0.1) is 5.92 Å². The van der Waals surface area contributed by atoms with Crippen LogP contribution in [0, 0.1) is 5.92 Å². The SMILES string of the molecule is O=C(NC1CCCC1CBr)C1Cc2ccccc21. The molecule has 1 aromatic carbocycles. The fourth-order valence-electron chi connectivity index (χ4n) is 3.19. The van der Waals surface area contributed by atoms with E-state index < -0.39 is 0 Å². The summed E-state index contributed by atoms with van der Waals surface area (Å²) >= 11 is 3.55. The minimum Gasteiger partial charge on any atom is -0.353 e. The van der Waals surface area contributed by atoms with Gasteiger partial charge in [-0.05, 0) is 36.3 Å². The molecule has 96 valence electrons. The topological polar surface area (TPSA) is 29.1 Å². The minimum atomic E-state index is 0.0952. The van der Waals surface area contributed by atoms with Crippen LogP contribution >= 0.6 is 15.9 Å². The number of amides is 1. The van der Waals surface area contributed by atoms with Crippen molar-refractivity contribution in [3.05, 3.63) is 35.4 Å². The molecule has 0 aromatic heterocycles. The van der Waals surface area contributed by atoms with Crippen molar-refractivity contribution < 1.29 is 4.79 Å². The zero-order valence-electron chi connectivity index (χ0n) is 10.4. The van der Waals surface area contributed by atoms with E-state index in [1.54, 1.807) is 0 Å². The summed E-state index contributed by atoms with van der Waals surface area (Å²) in [5.41, 5.74) is 2.56. The Bertz CT molecular complexity index is 460. The Balaban J connectivity index is 1.64. The van der Waals surface area contributed by atoms with E-state index in [9.17, 15) is 4.79 Å². The fraction of sp³-hybridized carbons (Fsp3) is 0.533. The lowest BCUT2D eigenvalue weighted by Gasteiger charge is -2.31. The van der Waals surface area contributed by atoms with E-state index in [2.05, 4.69) is 33.4 Å². The number of nitrogens with one attached hydrogen (secondary N) is 1. The molecule has 1 saturated carbocycles. The van der Waals surface area contributed by atoms with E-state index in [0.717, 1.165) is 18.2 Å². The first-order valence-electron chi connectivity index (χ1n) is 6.73. The summed E-state index contributed by atoms with van der Waals surface area (Å²) in [4.78, 5) is 12.3. The smallest absolute Gasteiger partial charge is 0.228 e. The highest BCUT2D eigenvalue weighted by molar-refractivity contribution is 9.09. The van der Waals surface area contributed by atoms with Crippen molar-refractivity contribution in [3.8, 4) is 0 Å². The van der Waals surface area contributed by atoms with Gasteiger partial charge in [0.25, 0.3) is 0 Å². The van der Waals surface area contributed by atoms with Crippen molar-refractivity contribution in [1.82, 2.24) is 5.32 Å². The second-order valence-electron chi connectivity index (χ2n) is 5.42. The molecule has 2 nitrogen and oxygen atoms in total. The van der Waals surface area contributed by atoms with Crippen molar-refractivity contribution in [2.24, 2.45) is 5.92 Å². The number of carbonyl (C=O) groups is 1. The summed E-state index contributed by atoms with van der Waals surface area (Å²) in [5, 5.41) is 4.25. The van der Waals surface area contributed by atoms with Crippen LogP contribution in [0.25, 0.3) is 0 Å². The van der Waals surface area contributed by atoms with Crippen LogP contribution in [-0.2, 0) is 11.2 Å². The maximum atomic E-state index is 12.3. The maximum absolute atomic E-state index is 12.3. The van der Waals surface area contributed by atoms with E-state index in [1.807, 2.05) is 12.1 Å². The van der Waals surface area contributed by atoms with Gasteiger partial charge in [0.15, 0.2) is 0 Å². The van der Waals surface area contributed by atoms with Gasteiger partial charge in [0.2, 0.25) is 5.91 Å². The van der Waals surface area contributed by atoms with E-state index in [1.165, 1.54) is 24.0 Å². The third kappa shape index (κ3) is 2.09. The van der Waals surface area contributed by atoms with Gasteiger partial charge in [-0.1, -0.05) is 46.6 Å². The molecule has 0 heterocycles. The third-order valence-corrected chi connectivity index (χ3v) is 5.19. The molecule has 0 spiro atoms. The lowest BCUT2D eigenvalue weighted by molar-refractivity contribution is -0.124. The van der Waals surface area contributed by atoms with E-state index in [4.69, 9.17) is 0 Å². The number of rotatable bonds is 3. The fourth-order valence-corrected chi connectivity index (χ4v) is 3.96. The first-order valence-corrected chi connectivity index (χ1v) is 7.86. The predicted molar refractivity (Wildman–Crippen MR) is 76.0 cm³/mol. The van der Waals surface area contributed by atoms with E-state index in [0.29, 0.717) is 12.0 Å². The quantitative estimate of drug-likeness (QED) is 0.855. The molecule has 1 N–H and O–H groups in total. The summed E-state index contributed by atoms with van der Waals surface area (Å²) in [6, 6.07) is 8.65. The molecule has 0 aliphatic heterocycles. The number of hydrogen-bond donors (Lipinski definition) is 1. The summed E-state index contributed by atoms with van der Waals surface area (Å²) in [5.74, 6) is 0.939. The third-order valence-electron chi connectivity index (χ3n) is 4.36. The van der Waals surface area contributed by atoms with E-state index in [-0.39, 0.29) is 11.8 Å². The Morgan fingerprint density at radius 3 is 2.94 bits per heavy atom. The molecule has 0 saturated heterocycles. The van der Waals surface area contributed by atoms with Crippen LogP contribution in [0.4, 0.5) is 0 Å². The van der Waals surface area contributed by atoms with Crippen molar-refractivity contribution >= 4 is 21.8 Å². The summed E-state index contributed by atoms with van der Waals surface area (Å²) in [7, 11) is 0. The van der Waals surface area contributed by atoms with Gasteiger partial charge < -0.3 is 5.32 Å². The van der Waals surface area contributed by atoms with Gasteiger partial charge in [0, 0.05) is 11.4 Å². The Morgan fingerprint density at radius 1 is 1.33 bits per heavy atom. The molecule has 2 aliphatic rings. The minimum absolute atomic E-state index is 0.0952.